The van der Waals surface area contributed by atoms with Gasteiger partial charge in [-0.05, 0) is 29.8 Å². The molecular weight excluding hydrogens is 375 g/mol. The van der Waals surface area contributed by atoms with Gasteiger partial charge in [-0.1, -0.05) is 12.1 Å². The molecule has 0 amide bonds. The molecule has 0 aliphatic carbocycles. The molecule has 5 rings (SSSR count). The Morgan fingerprint density at radius 1 is 1.21 bits per heavy atom. The summed E-state index contributed by atoms with van der Waals surface area (Å²) in [5.41, 5.74) is 1.64. The molecule has 8 nitrogen and oxygen atoms in total. The van der Waals surface area contributed by atoms with Crippen molar-refractivity contribution in [2.45, 2.75) is 12.0 Å². The molecule has 2 aromatic carbocycles. The Hall–Kier alpha value is -3.75. The van der Waals surface area contributed by atoms with E-state index in [9.17, 15) is 9.18 Å². The Morgan fingerprint density at radius 2 is 2.00 bits per heavy atom. The van der Waals surface area contributed by atoms with Gasteiger partial charge in [-0.3, -0.25) is 9.48 Å². The molecular formula is C20H17FN6O2. The highest BCUT2D eigenvalue weighted by atomic mass is 19.1. The zero-order valence-electron chi connectivity index (χ0n) is 15.7. The zero-order valence-corrected chi connectivity index (χ0v) is 15.7. The van der Waals surface area contributed by atoms with Gasteiger partial charge in [0.05, 0.1) is 30.1 Å². The van der Waals surface area contributed by atoms with Gasteiger partial charge in [0.25, 0.3) is 5.56 Å². The number of aromatic amines is 1. The van der Waals surface area contributed by atoms with Crippen molar-refractivity contribution in [3.8, 4) is 5.75 Å². The maximum Gasteiger partial charge on any atom is 0.272 e. The van der Waals surface area contributed by atoms with E-state index in [1.165, 1.54) is 18.5 Å². The predicted octanol–water partition coefficient (Wildman–Crippen LogP) is 2.50. The van der Waals surface area contributed by atoms with E-state index in [-0.39, 0.29) is 17.3 Å². The molecule has 4 aromatic rings. The lowest BCUT2D eigenvalue weighted by atomic mass is 9.83. The normalized spacial score (nSPS) is 17.9. The largest absolute Gasteiger partial charge is 0.497 e. The Morgan fingerprint density at radius 3 is 2.69 bits per heavy atom. The first kappa shape index (κ1) is 17.4. The summed E-state index contributed by atoms with van der Waals surface area (Å²) in [6.45, 7) is 0. The number of hydrogen-bond donors (Lipinski definition) is 2. The molecule has 1 aliphatic rings. The number of nitrogens with zero attached hydrogens (tertiary/aromatic N) is 4. The molecule has 2 aromatic heterocycles. The molecule has 0 spiro atoms. The van der Waals surface area contributed by atoms with Crippen molar-refractivity contribution in [1.82, 2.24) is 25.0 Å². The number of methoxy groups -OCH3 is 1. The van der Waals surface area contributed by atoms with Crippen LogP contribution >= 0.6 is 0 Å². The van der Waals surface area contributed by atoms with E-state index in [0.717, 1.165) is 11.3 Å². The second kappa shape index (κ2) is 6.40. The zero-order chi connectivity index (χ0) is 20.1. The van der Waals surface area contributed by atoms with Crippen LogP contribution in [0.15, 0.2) is 47.5 Å². The second-order valence-corrected chi connectivity index (χ2v) is 6.93. The van der Waals surface area contributed by atoms with Crippen molar-refractivity contribution in [1.29, 1.82) is 0 Å². The molecule has 2 N–H and O–H groups in total. The Bertz CT molecular complexity index is 1280. The van der Waals surface area contributed by atoms with Crippen LogP contribution in [-0.4, -0.2) is 32.1 Å². The fraction of sp³-hybridized carbons (Fsp3) is 0.200. The predicted molar refractivity (Wildman–Crippen MR) is 105 cm³/mol. The molecule has 29 heavy (non-hydrogen) atoms. The number of anilines is 1. The van der Waals surface area contributed by atoms with Crippen LogP contribution < -0.4 is 15.6 Å². The Balaban J connectivity index is 1.79. The second-order valence-electron chi connectivity index (χ2n) is 6.93. The van der Waals surface area contributed by atoms with Crippen LogP contribution in [0.2, 0.25) is 0 Å². The first-order valence-electron chi connectivity index (χ1n) is 9.03. The highest BCUT2D eigenvalue weighted by Crippen LogP contribution is 2.45. The molecule has 0 radical (unpaired) electrons. The van der Waals surface area contributed by atoms with Crippen molar-refractivity contribution in [3.63, 3.8) is 0 Å². The molecule has 9 heteroatoms. The number of H-pyrrole nitrogens is 1. The lowest BCUT2D eigenvalue weighted by molar-refractivity contribution is 0.414. The third-order valence-electron chi connectivity index (χ3n) is 5.32. The summed E-state index contributed by atoms with van der Waals surface area (Å²) in [6.07, 6.45) is 1.48. The van der Waals surface area contributed by atoms with Gasteiger partial charge in [0.2, 0.25) is 0 Å². The average Bonchev–Trinajstić information content (AvgIpc) is 3.15. The van der Waals surface area contributed by atoms with Gasteiger partial charge in [0.1, 0.15) is 23.7 Å². The van der Waals surface area contributed by atoms with Crippen molar-refractivity contribution in [2.24, 2.45) is 7.05 Å². The quantitative estimate of drug-likeness (QED) is 0.556. The summed E-state index contributed by atoms with van der Waals surface area (Å²) in [6, 6.07) is 9.91. The van der Waals surface area contributed by atoms with Crippen molar-refractivity contribution >= 4 is 16.5 Å². The van der Waals surface area contributed by atoms with Gasteiger partial charge in [0.15, 0.2) is 0 Å². The van der Waals surface area contributed by atoms with E-state index in [0.29, 0.717) is 22.6 Å². The molecule has 0 unspecified atom stereocenters. The number of aromatic nitrogens is 5. The lowest BCUT2D eigenvalue weighted by Gasteiger charge is -2.33. The van der Waals surface area contributed by atoms with Crippen LogP contribution in [0.25, 0.3) is 10.8 Å². The van der Waals surface area contributed by atoms with E-state index in [4.69, 9.17) is 4.74 Å². The van der Waals surface area contributed by atoms with Gasteiger partial charge in [-0.15, -0.1) is 0 Å². The fourth-order valence-electron chi connectivity index (χ4n) is 3.98. The van der Waals surface area contributed by atoms with Gasteiger partial charge in [-0.2, -0.15) is 10.2 Å². The van der Waals surface area contributed by atoms with Crippen molar-refractivity contribution < 1.29 is 9.13 Å². The van der Waals surface area contributed by atoms with Crippen LogP contribution in [0, 0.1) is 5.82 Å². The van der Waals surface area contributed by atoms with Crippen LogP contribution in [0.3, 0.4) is 0 Å². The average molecular weight is 392 g/mol. The number of benzene rings is 2. The van der Waals surface area contributed by atoms with Gasteiger partial charge in [0, 0.05) is 18.1 Å². The van der Waals surface area contributed by atoms with Gasteiger partial charge in [-0.25, -0.2) is 14.5 Å². The van der Waals surface area contributed by atoms with Crippen LogP contribution in [-0.2, 0) is 7.05 Å². The molecule has 0 saturated carbocycles. The minimum Gasteiger partial charge on any atom is -0.497 e. The fourth-order valence-corrected chi connectivity index (χ4v) is 3.98. The number of halogens is 1. The number of hydrogen-bond acceptors (Lipinski definition) is 6. The highest BCUT2D eigenvalue weighted by Gasteiger charge is 2.37. The summed E-state index contributed by atoms with van der Waals surface area (Å²) in [5.74, 6) is 0.561. The van der Waals surface area contributed by atoms with Gasteiger partial charge < -0.3 is 10.1 Å². The minimum atomic E-state index is -0.492. The van der Waals surface area contributed by atoms with Crippen LogP contribution in [0.4, 0.5) is 10.1 Å². The maximum atomic E-state index is 14.2. The molecule has 0 fully saturated rings. The Kier molecular flexibility index (Phi) is 3.83. The number of nitrogens with one attached hydrogen (secondary N) is 2. The minimum absolute atomic E-state index is 0.248. The molecule has 146 valence electrons. The number of aryl methyl sites for hydroxylation is 1. The van der Waals surface area contributed by atoms with E-state index >= 15 is 0 Å². The molecule has 3 heterocycles. The van der Waals surface area contributed by atoms with Crippen LogP contribution in [0.1, 0.15) is 29.0 Å². The lowest BCUT2D eigenvalue weighted by Crippen LogP contribution is -2.30. The van der Waals surface area contributed by atoms with Crippen molar-refractivity contribution in [3.05, 3.63) is 76.0 Å². The van der Waals surface area contributed by atoms with Gasteiger partial charge >= 0.3 is 0 Å². The molecule has 1 aliphatic heterocycles. The van der Waals surface area contributed by atoms with E-state index in [1.807, 2.05) is 24.3 Å². The number of ether oxygens (including phenoxy) is 1. The van der Waals surface area contributed by atoms with E-state index in [1.54, 1.807) is 18.8 Å². The smallest absolute Gasteiger partial charge is 0.272 e. The summed E-state index contributed by atoms with van der Waals surface area (Å²) in [4.78, 5) is 16.7. The summed E-state index contributed by atoms with van der Waals surface area (Å²) >= 11 is 0. The van der Waals surface area contributed by atoms with Crippen molar-refractivity contribution in [2.75, 3.05) is 12.4 Å². The molecule has 0 bridgehead atoms. The summed E-state index contributed by atoms with van der Waals surface area (Å²) in [5, 5.41) is 15.3. The summed E-state index contributed by atoms with van der Waals surface area (Å²) in [7, 11) is 3.41. The maximum absolute atomic E-state index is 14.2. The highest BCUT2D eigenvalue weighted by molar-refractivity contribution is 5.97. The molecule has 2 atom stereocenters. The first-order valence-corrected chi connectivity index (χ1v) is 9.03. The topological polar surface area (TPSA) is 97.7 Å². The monoisotopic (exact) mass is 392 g/mol. The standard InChI is InChI=1S/C20H17FN6O2/c1-27-19(22-9-23-27)16-17(10-3-5-12(29-2)6-4-10)24-14-8-11(21)7-13-15(14)18(16)25-26-20(13)28/h3-9,16-17,24H,1-2H3,(H,26,28)/t16-,17-/m1/s1. The van der Waals surface area contributed by atoms with Crippen LogP contribution in [0.5, 0.6) is 5.75 Å². The summed E-state index contributed by atoms with van der Waals surface area (Å²) < 4.78 is 21.2. The third kappa shape index (κ3) is 2.65. The Labute approximate surface area is 164 Å². The van der Waals surface area contributed by atoms with E-state index < -0.39 is 11.4 Å². The SMILES string of the molecule is COc1ccc([C@H]2Nc3cc(F)cc4c(=O)[nH]nc(c34)[C@@H]2c2ncnn2C)cc1. The molecule has 0 saturated heterocycles. The first-order chi connectivity index (χ1) is 14.1. The third-order valence-corrected chi connectivity index (χ3v) is 5.32. The van der Waals surface area contributed by atoms with E-state index in [2.05, 4.69) is 25.6 Å². The number of rotatable bonds is 3.